The lowest BCUT2D eigenvalue weighted by Crippen LogP contribution is -2.21. The number of likely N-dealkylation sites (N-methyl/N-ethyl adjacent to an activating group) is 1. The van der Waals surface area contributed by atoms with Crippen LogP contribution in [0, 0.1) is 6.92 Å². The first-order valence-electron chi connectivity index (χ1n) is 5.88. The van der Waals surface area contributed by atoms with E-state index in [0.29, 0.717) is 0 Å². The highest BCUT2D eigenvalue weighted by Crippen LogP contribution is 2.24. The van der Waals surface area contributed by atoms with Crippen LogP contribution in [0.5, 0.6) is 0 Å². The molecule has 1 heterocycles. The summed E-state index contributed by atoms with van der Waals surface area (Å²) in [7, 11) is 3.89. The average Bonchev–Trinajstić information content (AvgIpc) is 2.75. The Morgan fingerprint density at radius 2 is 2.22 bits per heavy atom. The number of aryl methyl sites for hydroxylation is 2. The summed E-state index contributed by atoms with van der Waals surface area (Å²) in [4.78, 5) is 4.28. The van der Waals surface area contributed by atoms with E-state index >= 15 is 0 Å². The fourth-order valence-electron chi connectivity index (χ4n) is 2.04. The SMILES string of the molecule is CNC(Cc1ncnn1C)c1cc(Br)ccc1C. The minimum atomic E-state index is 0.241. The minimum Gasteiger partial charge on any atom is -0.313 e. The molecule has 5 heteroatoms. The maximum atomic E-state index is 4.28. The Morgan fingerprint density at radius 1 is 1.44 bits per heavy atom. The average molecular weight is 309 g/mol. The van der Waals surface area contributed by atoms with Crippen molar-refractivity contribution in [3.05, 3.63) is 46.0 Å². The van der Waals surface area contributed by atoms with Gasteiger partial charge in [0.25, 0.3) is 0 Å². The lowest BCUT2D eigenvalue weighted by Gasteiger charge is -2.18. The van der Waals surface area contributed by atoms with Gasteiger partial charge in [0.05, 0.1) is 0 Å². The lowest BCUT2D eigenvalue weighted by molar-refractivity contribution is 0.551. The highest BCUT2D eigenvalue weighted by molar-refractivity contribution is 9.10. The van der Waals surface area contributed by atoms with Crippen LogP contribution in [-0.2, 0) is 13.5 Å². The molecule has 1 aromatic heterocycles. The second-order valence-electron chi connectivity index (χ2n) is 4.35. The van der Waals surface area contributed by atoms with Crippen LogP contribution in [0.4, 0.5) is 0 Å². The maximum absolute atomic E-state index is 4.28. The molecular weight excluding hydrogens is 292 g/mol. The number of hydrogen-bond donors (Lipinski definition) is 1. The third-order valence-electron chi connectivity index (χ3n) is 3.16. The number of hydrogen-bond acceptors (Lipinski definition) is 3. The van der Waals surface area contributed by atoms with Gasteiger partial charge in [-0.05, 0) is 37.2 Å². The van der Waals surface area contributed by atoms with Crippen molar-refractivity contribution in [1.82, 2.24) is 20.1 Å². The van der Waals surface area contributed by atoms with Gasteiger partial charge in [0.2, 0.25) is 0 Å². The smallest absolute Gasteiger partial charge is 0.138 e. The molecule has 0 fully saturated rings. The molecule has 2 rings (SSSR count). The Labute approximate surface area is 116 Å². The summed E-state index contributed by atoms with van der Waals surface area (Å²) < 4.78 is 2.92. The number of aromatic nitrogens is 3. The molecule has 4 nitrogen and oxygen atoms in total. The van der Waals surface area contributed by atoms with E-state index in [0.717, 1.165) is 16.7 Å². The molecule has 2 aromatic rings. The first-order chi connectivity index (χ1) is 8.61. The number of halogens is 1. The van der Waals surface area contributed by atoms with Crippen LogP contribution in [-0.4, -0.2) is 21.8 Å². The molecule has 1 unspecified atom stereocenters. The van der Waals surface area contributed by atoms with Crippen molar-refractivity contribution in [2.75, 3.05) is 7.05 Å². The summed E-state index contributed by atoms with van der Waals surface area (Å²) in [6.45, 7) is 2.13. The van der Waals surface area contributed by atoms with Crippen LogP contribution in [0.2, 0.25) is 0 Å². The molecule has 0 radical (unpaired) electrons. The number of nitrogens with zero attached hydrogens (tertiary/aromatic N) is 3. The van der Waals surface area contributed by atoms with Gasteiger partial charge >= 0.3 is 0 Å². The molecule has 0 aliphatic rings. The van der Waals surface area contributed by atoms with Crippen molar-refractivity contribution in [2.45, 2.75) is 19.4 Å². The summed E-state index contributed by atoms with van der Waals surface area (Å²) in [5.74, 6) is 0.980. The third-order valence-corrected chi connectivity index (χ3v) is 3.65. The van der Waals surface area contributed by atoms with Crippen LogP contribution in [0.1, 0.15) is 23.0 Å². The van der Waals surface area contributed by atoms with Gasteiger partial charge in [-0.25, -0.2) is 4.98 Å². The highest BCUT2D eigenvalue weighted by Gasteiger charge is 2.15. The molecule has 18 heavy (non-hydrogen) atoms. The topological polar surface area (TPSA) is 42.7 Å². The summed E-state index contributed by atoms with van der Waals surface area (Å²) in [5.41, 5.74) is 2.56. The van der Waals surface area contributed by atoms with Crippen LogP contribution in [0.15, 0.2) is 29.0 Å². The molecule has 1 N–H and O–H groups in total. The van der Waals surface area contributed by atoms with Gasteiger partial charge in [0.15, 0.2) is 0 Å². The minimum absolute atomic E-state index is 0.241. The van der Waals surface area contributed by atoms with Crippen molar-refractivity contribution in [1.29, 1.82) is 0 Å². The quantitative estimate of drug-likeness (QED) is 0.943. The van der Waals surface area contributed by atoms with Crippen molar-refractivity contribution >= 4 is 15.9 Å². The molecule has 0 saturated carbocycles. The summed E-state index contributed by atoms with van der Waals surface area (Å²) in [6, 6.07) is 6.59. The number of rotatable bonds is 4. The fourth-order valence-corrected chi connectivity index (χ4v) is 2.42. The largest absolute Gasteiger partial charge is 0.313 e. The molecule has 1 atom stereocenters. The van der Waals surface area contributed by atoms with E-state index in [9.17, 15) is 0 Å². The number of nitrogens with one attached hydrogen (secondary N) is 1. The van der Waals surface area contributed by atoms with Gasteiger partial charge in [-0.1, -0.05) is 22.0 Å². The zero-order chi connectivity index (χ0) is 13.1. The monoisotopic (exact) mass is 308 g/mol. The second kappa shape index (κ2) is 5.63. The van der Waals surface area contributed by atoms with Crippen LogP contribution in [0.3, 0.4) is 0 Å². The molecule has 0 spiro atoms. The fraction of sp³-hybridized carbons (Fsp3) is 0.385. The second-order valence-corrected chi connectivity index (χ2v) is 5.26. The Balaban J connectivity index is 2.28. The van der Waals surface area contributed by atoms with Gasteiger partial charge in [0, 0.05) is 24.0 Å². The maximum Gasteiger partial charge on any atom is 0.138 e. The van der Waals surface area contributed by atoms with Crippen molar-refractivity contribution < 1.29 is 0 Å². The Bertz CT molecular complexity index is 536. The van der Waals surface area contributed by atoms with Gasteiger partial charge in [-0.15, -0.1) is 0 Å². The molecule has 0 aliphatic carbocycles. The Kier molecular flexibility index (Phi) is 4.14. The van der Waals surface area contributed by atoms with E-state index in [-0.39, 0.29) is 6.04 Å². The van der Waals surface area contributed by atoms with E-state index in [1.807, 2.05) is 18.8 Å². The number of benzene rings is 1. The molecule has 0 aliphatic heterocycles. The molecule has 96 valence electrons. The predicted molar refractivity (Wildman–Crippen MR) is 75.4 cm³/mol. The van der Waals surface area contributed by atoms with E-state index in [4.69, 9.17) is 0 Å². The van der Waals surface area contributed by atoms with Crippen LogP contribution >= 0.6 is 15.9 Å². The molecule has 0 saturated heterocycles. The van der Waals surface area contributed by atoms with E-state index in [1.54, 1.807) is 6.33 Å². The molecule has 0 amide bonds. The van der Waals surface area contributed by atoms with Crippen LogP contribution in [0.25, 0.3) is 0 Å². The third kappa shape index (κ3) is 2.79. The van der Waals surface area contributed by atoms with Crippen molar-refractivity contribution in [3.8, 4) is 0 Å². The van der Waals surface area contributed by atoms with E-state index < -0.39 is 0 Å². The zero-order valence-corrected chi connectivity index (χ0v) is 12.4. The summed E-state index contributed by atoms with van der Waals surface area (Å²) in [6.07, 6.45) is 2.42. The van der Waals surface area contributed by atoms with Crippen LogP contribution < -0.4 is 5.32 Å². The predicted octanol–water partition coefficient (Wildman–Crippen LogP) is 2.39. The Hall–Kier alpha value is -1.20. The normalized spacial score (nSPS) is 12.7. The van der Waals surface area contributed by atoms with E-state index in [1.165, 1.54) is 11.1 Å². The first-order valence-corrected chi connectivity index (χ1v) is 6.67. The van der Waals surface area contributed by atoms with E-state index in [2.05, 4.69) is 56.5 Å². The summed E-state index contributed by atoms with van der Waals surface area (Å²) in [5, 5.41) is 7.46. The Morgan fingerprint density at radius 3 is 2.83 bits per heavy atom. The zero-order valence-electron chi connectivity index (χ0n) is 10.8. The molecular formula is C13H17BrN4. The first kappa shape index (κ1) is 13.2. The lowest BCUT2D eigenvalue weighted by atomic mass is 9.99. The molecule has 0 bridgehead atoms. The van der Waals surface area contributed by atoms with Crippen molar-refractivity contribution in [2.24, 2.45) is 7.05 Å². The molecule has 1 aromatic carbocycles. The highest BCUT2D eigenvalue weighted by atomic mass is 79.9. The van der Waals surface area contributed by atoms with Gasteiger partial charge in [-0.3, -0.25) is 4.68 Å². The summed E-state index contributed by atoms with van der Waals surface area (Å²) >= 11 is 3.53. The standard InChI is InChI=1S/C13H17BrN4/c1-9-4-5-10(14)6-11(9)12(15-2)7-13-16-8-17-18(13)3/h4-6,8,12,15H,7H2,1-3H3. The van der Waals surface area contributed by atoms with Gasteiger partial charge in [0.1, 0.15) is 12.2 Å². The van der Waals surface area contributed by atoms with Gasteiger partial charge in [-0.2, -0.15) is 5.10 Å². The van der Waals surface area contributed by atoms with Crippen molar-refractivity contribution in [3.63, 3.8) is 0 Å². The van der Waals surface area contributed by atoms with Gasteiger partial charge < -0.3 is 5.32 Å².